The third-order valence-corrected chi connectivity index (χ3v) is 6.11. The number of imidazole rings is 1. The third kappa shape index (κ3) is 3.95. The van der Waals surface area contributed by atoms with E-state index in [-0.39, 0.29) is 11.3 Å². The van der Waals surface area contributed by atoms with Crippen LogP contribution >= 0.6 is 23.2 Å². The van der Waals surface area contributed by atoms with E-state index in [2.05, 4.69) is 43.5 Å². The predicted octanol–water partition coefficient (Wildman–Crippen LogP) is 6.11. The number of aromatic nitrogens is 2. The normalized spacial score (nSPS) is 18.6. The quantitative estimate of drug-likeness (QED) is 0.481. The second-order valence-corrected chi connectivity index (χ2v) is 9.89. The molecule has 1 aliphatic carbocycles. The van der Waals surface area contributed by atoms with E-state index in [0.29, 0.717) is 6.61 Å². The van der Waals surface area contributed by atoms with Crippen molar-refractivity contribution >= 4 is 34.2 Å². The highest BCUT2D eigenvalue weighted by molar-refractivity contribution is 6.50. The predicted molar refractivity (Wildman–Crippen MR) is 112 cm³/mol. The summed E-state index contributed by atoms with van der Waals surface area (Å²) in [5.74, 6) is 1.99. The molecule has 0 unspecified atom stereocenters. The van der Waals surface area contributed by atoms with Gasteiger partial charge in [0.15, 0.2) is 0 Å². The Kier molecular flexibility index (Phi) is 4.64. The van der Waals surface area contributed by atoms with Crippen LogP contribution in [0.1, 0.15) is 38.6 Å². The molecule has 1 saturated carbocycles. The summed E-state index contributed by atoms with van der Waals surface area (Å²) in [6.07, 6.45) is 0.817. The Hall–Kier alpha value is -1.71. The van der Waals surface area contributed by atoms with Gasteiger partial charge in [-0.05, 0) is 41.7 Å². The zero-order valence-corrected chi connectivity index (χ0v) is 17.4. The fraction of sp³-hybridized carbons (Fsp3) is 0.409. The van der Waals surface area contributed by atoms with Crippen LogP contribution in [0.25, 0.3) is 11.0 Å². The summed E-state index contributed by atoms with van der Waals surface area (Å²) in [5, 5.41) is 0. The molecule has 1 fully saturated rings. The molecular formula is C22H24Cl2N2O. The van der Waals surface area contributed by atoms with E-state index in [1.54, 1.807) is 0 Å². The van der Waals surface area contributed by atoms with Crippen LogP contribution in [-0.4, -0.2) is 13.9 Å². The summed E-state index contributed by atoms with van der Waals surface area (Å²) in [5.41, 5.74) is 3.48. The highest BCUT2D eigenvalue weighted by Gasteiger charge is 2.51. The number of hydrogen-bond acceptors (Lipinski definition) is 2. The molecule has 0 amide bonds. The zero-order chi connectivity index (χ0) is 19.2. The van der Waals surface area contributed by atoms with Crippen molar-refractivity contribution in [1.82, 2.24) is 9.55 Å². The van der Waals surface area contributed by atoms with Gasteiger partial charge in [-0.2, -0.15) is 0 Å². The van der Waals surface area contributed by atoms with Gasteiger partial charge in [0.2, 0.25) is 0 Å². The molecule has 0 bridgehead atoms. The number of fused-ring (bicyclic) bond motifs is 1. The number of halogens is 2. The first-order chi connectivity index (χ1) is 12.7. The summed E-state index contributed by atoms with van der Waals surface area (Å²) in [6, 6.07) is 16.4. The van der Waals surface area contributed by atoms with Gasteiger partial charge in [-0.25, -0.2) is 4.98 Å². The number of ether oxygens (including phenoxy) is 1. The number of para-hydroxylation sites is 2. The minimum Gasteiger partial charge on any atom is -0.486 e. The number of benzene rings is 2. The minimum absolute atomic E-state index is 0.131. The average molecular weight is 403 g/mol. The molecule has 1 heterocycles. The monoisotopic (exact) mass is 402 g/mol. The molecule has 3 aromatic rings. The molecule has 2 aromatic carbocycles. The molecule has 0 aliphatic heterocycles. The summed E-state index contributed by atoms with van der Waals surface area (Å²) in [7, 11) is 0. The fourth-order valence-electron chi connectivity index (χ4n) is 3.33. The van der Waals surface area contributed by atoms with E-state index in [9.17, 15) is 0 Å². The fourth-order valence-corrected chi connectivity index (χ4v) is 3.84. The molecule has 0 N–H and O–H groups in total. The zero-order valence-electron chi connectivity index (χ0n) is 15.9. The van der Waals surface area contributed by atoms with Crippen LogP contribution < -0.4 is 4.74 Å². The van der Waals surface area contributed by atoms with Crippen LogP contribution in [0.15, 0.2) is 48.5 Å². The van der Waals surface area contributed by atoms with E-state index in [1.165, 1.54) is 5.56 Å². The van der Waals surface area contributed by atoms with E-state index in [1.807, 2.05) is 30.3 Å². The Balaban J connectivity index is 1.55. The molecule has 0 spiro atoms. The Labute approximate surface area is 170 Å². The highest BCUT2D eigenvalue weighted by atomic mass is 35.5. The molecule has 0 saturated heterocycles. The molecule has 27 heavy (non-hydrogen) atoms. The van der Waals surface area contributed by atoms with Crippen LogP contribution in [0.2, 0.25) is 0 Å². The van der Waals surface area contributed by atoms with Gasteiger partial charge in [-0.15, -0.1) is 23.2 Å². The van der Waals surface area contributed by atoms with Crippen LogP contribution in [0.5, 0.6) is 5.75 Å². The van der Waals surface area contributed by atoms with Crippen LogP contribution in [0.4, 0.5) is 0 Å². The SMILES string of the molecule is CC(C)(C)c1ccc(OCc2nc3ccccc3n2C[C@H]2CC2(Cl)Cl)cc1. The van der Waals surface area contributed by atoms with Crippen molar-refractivity contribution in [2.45, 2.75) is 50.1 Å². The molecule has 3 nitrogen and oxygen atoms in total. The van der Waals surface area contributed by atoms with Gasteiger partial charge in [0.25, 0.3) is 0 Å². The van der Waals surface area contributed by atoms with Crippen LogP contribution in [-0.2, 0) is 18.6 Å². The molecule has 1 aliphatic rings. The van der Waals surface area contributed by atoms with Crippen molar-refractivity contribution < 1.29 is 4.74 Å². The van der Waals surface area contributed by atoms with Gasteiger partial charge in [0, 0.05) is 12.5 Å². The van der Waals surface area contributed by atoms with Gasteiger partial charge in [-0.1, -0.05) is 45.0 Å². The standard InChI is InChI=1S/C22H24Cl2N2O/c1-21(2,3)15-8-10-17(11-9-15)27-14-20-25-18-6-4-5-7-19(18)26(20)13-16-12-22(16,23)24/h4-11,16H,12-14H2,1-3H3/t16-/m1/s1. The van der Waals surface area contributed by atoms with Crippen molar-refractivity contribution in [2.75, 3.05) is 0 Å². The molecule has 1 atom stereocenters. The number of rotatable bonds is 5. The van der Waals surface area contributed by atoms with Gasteiger partial charge in [0.05, 0.1) is 11.0 Å². The molecule has 1 aromatic heterocycles. The van der Waals surface area contributed by atoms with Gasteiger partial charge >= 0.3 is 0 Å². The first kappa shape index (κ1) is 18.6. The first-order valence-corrected chi connectivity index (χ1v) is 10.0. The Morgan fingerprint density at radius 3 is 2.41 bits per heavy atom. The lowest BCUT2D eigenvalue weighted by atomic mass is 9.87. The lowest BCUT2D eigenvalue weighted by molar-refractivity contribution is 0.289. The lowest BCUT2D eigenvalue weighted by Crippen LogP contribution is -2.11. The first-order valence-electron chi connectivity index (χ1n) is 9.29. The Morgan fingerprint density at radius 1 is 1.11 bits per heavy atom. The van der Waals surface area contributed by atoms with Crippen molar-refractivity contribution in [2.24, 2.45) is 5.92 Å². The lowest BCUT2D eigenvalue weighted by Gasteiger charge is -2.19. The van der Waals surface area contributed by atoms with E-state index >= 15 is 0 Å². The number of nitrogens with zero attached hydrogens (tertiary/aromatic N) is 2. The summed E-state index contributed by atoms with van der Waals surface area (Å²) < 4.78 is 7.62. The van der Waals surface area contributed by atoms with Crippen molar-refractivity contribution in [3.8, 4) is 5.75 Å². The summed E-state index contributed by atoms with van der Waals surface area (Å²) >= 11 is 12.5. The van der Waals surface area contributed by atoms with Crippen LogP contribution in [0, 0.1) is 5.92 Å². The van der Waals surface area contributed by atoms with Crippen molar-refractivity contribution in [3.05, 3.63) is 59.9 Å². The minimum atomic E-state index is -0.605. The largest absolute Gasteiger partial charge is 0.486 e. The Bertz CT molecular complexity index is 955. The van der Waals surface area contributed by atoms with Gasteiger partial charge in [0.1, 0.15) is 22.5 Å². The Morgan fingerprint density at radius 2 is 1.78 bits per heavy atom. The van der Waals surface area contributed by atoms with Gasteiger partial charge < -0.3 is 9.30 Å². The second-order valence-electron chi connectivity index (χ2n) is 8.35. The highest BCUT2D eigenvalue weighted by Crippen LogP contribution is 2.54. The molecular weight excluding hydrogens is 379 g/mol. The van der Waals surface area contributed by atoms with Crippen LogP contribution in [0.3, 0.4) is 0 Å². The smallest absolute Gasteiger partial charge is 0.148 e. The molecule has 0 radical (unpaired) electrons. The van der Waals surface area contributed by atoms with Gasteiger partial charge in [-0.3, -0.25) is 0 Å². The second kappa shape index (κ2) is 6.72. The average Bonchev–Trinajstić information content (AvgIpc) is 3.07. The summed E-state index contributed by atoms with van der Waals surface area (Å²) in [4.78, 5) is 4.76. The third-order valence-electron chi connectivity index (χ3n) is 5.18. The maximum atomic E-state index is 6.25. The maximum absolute atomic E-state index is 6.25. The topological polar surface area (TPSA) is 27.1 Å². The van der Waals surface area contributed by atoms with Crippen molar-refractivity contribution in [1.29, 1.82) is 0 Å². The van der Waals surface area contributed by atoms with E-state index in [4.69, 9.17) is 32.9 Å². The molecule has 4 rings (SSSR count). The van der Waals surface area contributed by atoms with Crippen molar-refractivity contribution in [3.63, 3.8) is 0 Å². The summed E-state index contributed by atoms with van der Waals surface area (Å²) in [6.45, 7) is 7.79. The van der Waals surface area contributed by atoms with E-state index in [0.717, 1.165) is 35.6 Å². The molecule has 5 heteroatoms. The maximum Gasteiger partial charge on any atom is 0.148 e. The molecule has 142 valence electrons. The number of hydrogen-bond donors (Lipinski definition) is 0. The number of alkyl halides is 2. The van der Waals surface area contributed by atoms with E-state index < -0.39 is 4.33 Å².